The summed E-state index contributed by atoms with van der Waals surface area (Å²) in [4.78, 5) is 0. The van der Waals surface area contributed by atoms with Crippen LogP contribution >= 0.6 is 0 Å². The second-order valence-electron chi connectivity index (χ2n) is 10.2. The number of hydrogen-bond donors (Lipinski definition) is 1. The van der Waals surface area contributed by atoms with Gasteiger partial charge in [-0.05, 0) is 78.2 Å². The predicted molar refractivity (Wildman–Crippen MR) is 153 cm³/mol. The summed E-state index contributed by atoms with van der Waals surface area (Å²) in [6.45, 7) is 0.783. The monoisotopic (exact) mass is 494 g/mol. The van der Waals surface area contributed by atoms with Crippen LogP contribution in [0.4, 0.5) is 0 Å². The molecule has 1 heterocycles. The van der Waals surface area contributed by atoms with Gasteiger partial charge in [-0.25, -0.2) is 0 Å². The highest BCUT2D eigenvalue weighted by atomic mass is 15.1. The van der Waals surface area contributed by atoms with Gasteiger partial charge in [-0.1, -0.05) is 72.8 Å². The SMILES string of the molecule is N#CC(C#N)=C1c2cc3c(cc2-c2c1ccc1ccccc21)-c1c(ccc2ccccc12)/C3=C(\C#N)C1CN1. The van der Waals surface area contributed by atoms with Crippen molar-refractivity contribution in [2.45, 2.75) is 6.04 Å². The standard InChI is InChI=1S/C35H18N4/c36-15-21(16-37)32-24-11-9-19-5-1-3-7-22(19)33(24)27-14-28-29(13-26(27)32)35(30(17-38)31-18-39-31)25-12-10-20-6-2-4-8-23(20)34(25)28/h1-14,31,39H,18H2/b35-30-. The van der Waals surface area contributed by atoms with Gasteiger partial charge in [0.1, 0.15) is 17.7 Å². The van der Waals surface area contributed by atoms with Crippen molar-refractivity contribution in [3.63, 3.8) is 0 Å². The summed E-state index contributed by atoms with van der Waals surface area (Å²) in [7, 11) is 0. The largest absolute Gasteiger partial charge is 0.306 e. The molecule has 1 atom stereocenters. The van der Waals surface area contributed by atoms with Crippen molar-refractivity contribution < 1.29 is 0 Å². The Bertz CT molecular complexity index is 2140. The maximum absolute atomic E-state index is 10.3. The number of nitriles is 3. The molecule has 2 aliphatic carbocycles. The third-order valence-corrected chi connectivity index (χ3v) is 8.25. The molecule has 5 aromatic carbocycles. The van der Waals surface area contributed by atoms with Crippen molar-refractivity contribution in [1.82, 2.24) is 5.32 Å². The first kappa shape index (κ1) is 21.6. The molecule has 1 saturated heterocycles. The zero-order chi connectivity index (χ0) is 26.2. The molecule has 4 heteroatoms. The van der Waals surface area contributed by atoms with E-state index in [2.05, 4.69) is 84.2 Å². The summed E-state index contributed by atoms with van der Waals surface area (Å²) in [5.74, 6) is 0. The topological polar surface area (TPSA) is 93.3 Å². The predicted octanol–water partition coefficient (Wildman–Crippen LogP) is 7.10. The lowest BCUT2D eigenvalue weighted by Gasteiger charge is -2.10. The Hall–Kier alpha value is -5.47. The summed E-state index contributed by atoms with van der Waals surface area (Å²) in [5, 5.41) is 38.0. The number of fused-ring (bicyclic) bond motifs is 10. The molecular weight excluding hydrogens is 476 g/mol. The van der Waals surface area contributed by atoms with Crippen LogP contribution < -0.4 is 5.32 Å². The lowest BCUT2D eigenvalue weighted by molar-refractivity contribution is 1.15. The van der Waals surface area contributed by atoms with Gasteiger partial charge < -0.3 is 5.32 Å². The van der Waals surface area contributed by atoms with Crippen LogP contribution in [0.3, 0.4) is 0 Å². The van der Waals surface area contributed by atoms with Crippen molar-refractivity contribution >= 4 is 32.7 Å². The molecule has 1 unspecified atom stereocenters. The van der Waals surface area contributed by atoms with Gasteiger partial charge in [0.05, 0.1) is 17.7 Å². The van der Waals surface area contributed by atoms with Crippen molar-refractivity contribution in [1.29, 1.82) is 15.8 Å². The average Bonchev–Trinajstić information content (AvgIpc) is 3.70. The summed E-state index contributed by atoms with van der Waals surface area (Å²) < 4.78 is 0. The van der Waals surface area contributed by atoms with Gasteiger partial charge in [-0.3, -0.25) is 0 Å². The Balaban J connectivity index is 1.56. The molecule has 1 aliphatic heterocycles. The van der Waals surface area contributed by atoms with Crippen LogP contribution in [-0.4, -0.2) is 12.6 Å². The molecule has 4 nitrogen and oxygen atoms in total. The lowest BCUT2D eigenvalue weighted by Crippen LogP contribution is -2.00. The van der Waals surface area contributed by atoms with E-state index in [1.807, 2.05) is 24.3 Å². The van der Waals surface area contributed by atoms with E-state index in [0.717, 1.165) is 83.7 Å². The second kappa shape index (κ2) is 7.77. The molecule has 5 aromatic rings. The quantitative estimate of drug-likeness (QED) is 0.195. The second-order valence-corrected chi connectivity index (χ2v) is 10.2. The van der Waals surface area contributed by atoms with E-state index in [9.17, 15) is 15.8 Å². The Kier molecular flexibility index (Phi) is 4.30. The van der Waals surface area contributed by atoms with E-state index in [1.165, 1.54) is 0 Å². The van der Waals surface area contributed by atoms with Crippen molar-refractivity contribution in [2.75, 3.05) is 6.54 Å². The molecule has 3 aliphatic rings. The van der Waals surface area contributed by atoms with Crippen LogP contribution in [-0.2, 0) is 0 Å². The van der Waals surface area contributed by atoms with Crippen molar-refractivity contribution in [3.8, 4) is 40.5 Å². The normalized spacial score (nSPS) is 16.9. The minimum atomic E-state index is 0.0356. The van der Waals surface area contributed by atoms with E-state index < -0.39 is 0 Å². The molecule has 0 bridgehead atoms. The van der Waals surface area contributed by atoms with E-state index in [-0.39, 0.29) is 11.6 Å². The molecule has 0 amide bonds. The zero-order valence-electron chi connectivity index (χ0n) is 20.7. The fraction of sp³-hybridized carbons (Fsp3) is 0.0571. The minimum Gasteiger partial charge on any atom is -0.306 e. The Morgan fingerprint density at radius 3 is 1.64 bits per heavy atom. The number of nitrogens with one attached hydrogen (secondary N) is 1. The molecule has 39 heavy (non-hydrogen) atoms. The number of benzene rings is 5. The fourth-order valence-electron chi connectivity index (χ4n) is 6.52. The lowest BCUT2D eigenvalue weighted by atomic mass is 9.92. The van der Waals surface area contributed by atoms with Crippen LogP contribution in [0.15, 0.2) is 96.1 Å². The van der Waals surface area contributed by atoms with E-state index in [0.29, 0.717) is 5.57 Å². The number of hydrogen-bond acceptors (Lipinski definition) is 4. The van der Waals surface area contributed by atoms with Gasteiger partial charge in [-0.2, -0.15) is 15.8 Å². The van der Waals surface area contributed by atoms with Gasteiger partial charge >= 0.3 is 0 Å². The van der Waals surface area contributed by atoms with E-state index in [4.69, 9.17) is 0 Å². The Labute approximate surface area is 225 Å². The molecule has 1 N–H and O–H groups in total. The minimum absolute atomic E-state index is 0.0356. The molecule has 0 radical (unpaired) electrons. The highest BCUT2D eigenvalue weighted by molar-refractivity contribution is 6.18. The maximum Gasteiger partial charge on any atom is 0.138 e. The van der Waals surface area contributed by atoms with Crippen molar-refractivity contribution in [2.24, 2.45) is 0 Å². The smallest absolute Gasteiger partial charge is 0.138 e. The van der Waals surface area contributed by atoms with Crippen LogP contribution in [0.2, 0.25) is 0 Å². The third kappa shape index (κ3) is 2.83. The molecular formula is C35H18N4. The average molecular weight is 495 g/mol. The van der Waals surface area contributed by atoms with Crippen LogP contribution in [0.5, 0.6) is 0 Å². The van der Waals surface area contributed by atoms with Crippen LogP contribution in [0.25, 0.3) is 54.9 Å². The Morgan fingerprint density at radius 2 is 1.10 bits per heavy atom. The fourth-order valence-corrected chi connectivity index (χ4v) is 6.52. The highest BCUT2D eigenvalue weighted by Gasteiger charge is 2.37. The third-order valence-electron chi connectivity index (χ3n) is 8.25. The maximum atomic E-state index is 10.3. The highest BCUT2D eigenvalue weighted by Crippen LogP contribution is 2.56. The number of allylic oxidation sites excluding steroid dienone is 1. The van der Waals surface area contributed by atoms with Crippen LogP contribution in [0.1, 0.15) is 22.3 Å². The van der Waals surface area contributed by atoms with Gasteiger partial charge in [0.2, 0.25) is 0 Å². The molecule has 0 spiro atoms. The summed E-state index contributed by atoms with van der Waals surface area (Å²) >= 11 is 0. The summed E-state index contributed by atoms with van der Waals surface area (Å²) in [5.41, 5.74) is 10.5. The van der Waals surface area contributed by atoms with E-state index in [1.54, 1.807) is 0 Å². The summed E-state index contributed by atoms with van der Waals surface area (Å²) in [6.07, 6.45) is 0. The number of rotatable bonds is 1. The van der Waals surface area contributed by atoms with Crippen molar-refractivity contribution in [3.05, 3.63) is 118 Å². The Morgan fingerprint density at radius 1 is 0.590 bits per heavy atom. The van der Waals surface area contributed by atoms with Gasteiger partial charge in [0.15, 0.2) is 0 Å². The molecule has 178 valence electrons. The first-order valence-electron chi connectivity index (χ1n) is 12.9. The molecule has 8 rings (SSSR count). The van der Waals surface area contributed by atoms with Gasteiger partial charge in [0, 0.05) is 17.7 Å². The first-order chi connectivity index (χ1) is 19.2. The molecule has 0 aromatic heterocycles. The van der Waals surface area contributed by atoms with Gasteiger partial charge in [0.25, 0.3) is 0 Å². The van der Waals surface area contributed by atoms with Crippen LogP contribution in [0, 0.1) is 34.0 Å². The van der Waals surface area contributed by atoms with Gasteiger partial charge in [-0.15, -0.1) is 0 Å². The summed E-state index contributed by atoms with van der Waals surface area (Å²) in [6, 6.07) is 36.1. The van der Waals surface area contributed by atoms with E-state index >= 15 is 0 Å². The zero-order valence-corrected chi connectivity index (χ0v) is 20.7. The molecule has 1 fully saturated rings. The number of nitrogens with zero attached hydrogens (tertiary/aromatic N) is 3. The molecule has 0 saturated carbocycles. The first-order valence-corrected chi connectivity index (χ1v) is 12.9.